The van der Waals surface area contributed by atoms with Gasteiger partial charge in [-0.15, -0.1) is 11.3 Å². The summed E-state index contributed by atoms with van der Waals surface area (Å²) in [4.78, 5) is 14.1. The Balaban J connectivity index is 1.65. The summed E-state index contributed by atoms with van der Waals surface area (Å²) in [6, 6.07) is 18.0. The summed E-state index contributed by atoms with van der Waals surface area (Å²) < 4.78 is 25.0. The van der Waals surface area contributed by atoms with Crippen LogP contribution in [0.2, 0.25) is 5.02 Å². The third kappa shape index (κ3) is 5.95. The highest BCUT2D eigenvalue weighted by Crippen LogP contribution is 2.30. The Bertz CT molecular complexity index is 1140. The van der Waals surface area contributed by atoms with Gasteiger partial charge in [0.2, 0.25) is 15.9 Å². The lowest BCUT2D eigenvalue weighted by Gasteiger charge is -2.06. The monoisotopic (exact) mass is 432 g/mol. The molecule has 0 unspecified atom stereocenters. The number of anilines is 2. The van der Waals surface area contributed by atoms with Crippen molar-refractivity contribution in [1.82, 2.24) is 0 Å². The van der Waals surface area contributed by atoms with E-state index in [1.54, 1.807) is 41.7 Å². The van der Waals surface area contributed by atoms with E-state index in [2.05, 4.69) is 10.0 Å². The van der Waals surface area contributed by atoms with Gasteiger partial charge in [-0.2, -0.15) is 0 Å². The lowest BCUT2D eigenvalue weighted by molar-refractivity contribution is -0.111. The zero-order valence-corrected chi connectivity index (χ0v) is 17.2. The number of amides is 1. The molecule has 2 aromatic carbocycles. The molecule has 3 aromatic rings. The number of carbonyl (C=O) groups is 1. The Morgan fingerprint density at radius 1 is 1.04 bits per heavy atom. The van der Waals surface area contributed by atoms with Crippen LogP contribution in [0.15, 0.2) is 66.7 Å². The zero-order chi connectivity index (χ0) is 20.1. The van der Waals surface area contributed by atoms with Crippen LogP contribution in [0.5, 0.6) is 0 Å². The summed E-state index contributed by atoms with van der Waals surface area (Å²) in [5, 5.41) is 3.39. The Labute approximate surface area is 172 Å². The van der Waals surface area contributed by atoms with E-state index in [4.69, 9.17) is 11.6 Å². The fourth-order valence-electron chi connectivity index (χ4n) is 2.46. The van der Waals surface area contributed by atoms with Crippen molar-refractivity contribution in [3.63, 3.8) is 0 Å². The predicted octanol–water partition coefficient (Wildman–Crippen LogP) is 5.09. The van der Waals surface area contributed by atoms with Gasteiger partial charge in [-0.3, -0.25) is 9.52 Å². The average molecular weight is 433 g/mol. The summed E-state index contributed by atoms with van der Waals surface area (Å²) in [6.07, 6.45) is 4.23. The van der Waals surface area contributed by atoms with Gasteiger partial charge in [0, 0.05) is 26.5 Å². The molecular weight excluding hydrogens is 416 g/mol. The van der Waals surface area contributed by atoms with E-state index in [1.807, 2.05) is 36.4 Å². The summed E-state index contributed by atoms with van der Waals surface area (Å²) in [5.41, 5.74) is 1.90. The van der Waals surface area contributed by atoms with Crippen molar-refractivity contribution in [3.05, 3.63) is 76.6 Å². The first-order chi connectivity index (χ1) is 13.3. The summed E-state index contributed by atoms with van der Waals surface area (Å²) in [6.45, 7) is 0. The van der Waals surface area contributed by atoms with Crippen molar-refractivity contribution in [2.45, 2.75) is 0 Å². The lowest BCUT2D eigenvalue weighted by atomic mass is 10.2. The number of hydrogen-bond acceptors (Lipinski definition) is 4. The maximum atomic E-state index is 12.2. The SMILES string of the molecule is CS(=O)(=O)Nc1cccc(NC(=O)/C=C/c2ccc(-c3cccc(Cl)c3)s2)c1. The molecule has 1 heterocycles. The van der Waals surface area contributed by atoms with Gasteiger partial charge in [-0.25, -0.2) is 8.42 Å². The van der Waals surface area contributed by atoms with Crippen LogP contribution in [0.1, 0.15) is 4.88 Å². The van der Waals surface area contributed by atoms with Crippen molar-refractivity contribution in [2.24, 2.45) is 0 Å². The number of nitrogens with one attached hydrogen (secondary N) is 2. The molecule has 1 aromatic heterocycles. The number of halogens is 1. The Morgan fingerprint density at radius 2 is 1.79 bits per heavy atom. The second-order valence-corrected chi connectivity index (χ2v) is 9.29. The van der Waals surface area contributed by atoms with Gasteiger partial charge in [0.15, 0.2) is 0 Å². The molecule has 0 fully saturated rings. The van der Waals surface area contributed by atoms with Crippen LogP contribution >= 0.6 is 22.9 Å². The van der Waals surface area contributed by atoms with E-state index >= 15 is 0 Å². The minimum Gasteiger partial charge on any atom is -0.322 e. The number of carbonyl (C=O) groups excluding carboxylic acids is 1. The molecule has 0 atom stereocenters. The molecule has 5 nitrogen and oxygen atoms in total. The molecule has 8 heteroatoms. The van der Waals surface area contributed by atoms with Crippen LogP contribution in [-0.4, -0.2) is 20.6 Å². The summed E-state index contributed by atoms with van der Waals surface area (Å²) in [7, 11) is -3.38. The Morgan fingerprint density at radius 3 is 2.54 bits per heavy atom. The van der Waals surface area contributed by atoms with E-state index < -0.39 is 10.0 Å². The van der Waals surface area contributed by atoms with Crippen LogP contribution in [0.3, 0.4) is 0 Å². The molecule has 0 saturated carbocycles. The standard InChI is InChI=1S/C20H17ClN2O3S2/c1-28(25,26)23-17-7-3-6-16(13-17)22-20(24)11-9-18-8-10-19(27-18)14-4-2-5-15(21)12-14/h2-13,23H,1H3,(H,22,24)/b11-9+. The van der Waals surface area contributed by atoms with Crippen molar-refractivity contribution in [1.29, 1.82) is 0 Å². The van der Waals surface area contributed by atoms with Gasteiger partial charge in [-0.1, -0.05) is 29.8 Å². The molecule has 0 aliphatic heterocycles. The molecule has 3 rings (SSSR count). The highest BCUT2D eigenvalue weighted by atomic mass is 35.5. The molecule has 0 aliphatic rings. The third-order valence-corrected chi connectivity index (χ3v) is 5.51. The van der Waals surface area contributed by atoms with Crippen LogP contribution < -0.4 is 10.0 Å². The Hall–Kier alpha value is -2.61. The van der Waals surface area contributed by atoms with Crippen LogP contribution in [0.25, 0.3) is 16.5 Å². The fraction of sp³-hybridized carbons (Fsp3) is 0.0500. The molecule has 0 aliphatic carbocycles. The molecule has 0 bridgehead atoms. The van der Waals surface area contributed by atoms with Crippen molar-refractivity contribution >= 4 is 56.3 Å². The first kappa shape index (κ1) is 20.1. The number of sulfonamides is 1. The normalized spacial score (nSPS) is 11.5. The summed E-state index contributed by atoms with van der Waals surface area (Å²) >= 11 is 7.58. The highest BCUT2D eigenvalue weighted by Gasteiger charge is 2.05. The van der Waals surface area contributed by atoms with Gasteiger partial charge in [0.1, 0.15) is 0 Å². The molecule has 0 saturated heterocycles. The minimum absolute atomic E-state index is 0.311. The molecular formula is C20H17ClN2O3S2. The zero-order valence-electron chi connectivity index (χ0n) is 14.8. The van der Waals surface area contributed by atoms with E-state index in [0.717, 1.165) is 21.6 Å². The maximum absolute atomic E-state index is 12.2. The van der Waals surface area contributed by atoms with Crippen molar-refractivity contribution in [2.75, 3.05) is 16.3 Å². The smallest absolute Gasteiger partial charge is 0.248 e. The van der Waals surface area contributed by atoms with Gasteiger partial charge >= 0.3 is 0 Å². The molecule has 0 spiro atoms. The highest BCUT2D eigenvalue weighted by molar-refractivity contribution is 7.92. The summed E-state index contributed by atoms with van der Waals surface area (Å²) in [5.74, 6) is -0.311. The lowest BCUT2D eigenvalue weighted by Crippen LogP contribution is -2.11. The third-order valence-electron chi connectivity index (χ3n) is 3.57. The van der Waals surface area contributed by atoms with Gasteiger partial charge in [0.05, 0.1) is 11.9 Å². The topological polar surface area (TPSA) is 75.3 Å². The molecule has 0 radical (unpaired) electrons. The second kappa shape index (κ2) is 8.60. The van der Waals surface area contributed by atoms with E-state index in [9.17, 15) is 13.2 Å². The number of hydrogen-bond donors (Lipinski definition) is 2. The maximum Gasteiger partial charge on any atom is 0.248 e. The van der Waals surface area contributed by atoms with Crippen LogP contribution in [0, 0.1) is 0 Å². The van der Waals surface area contributed by atoms with E-state index in [1.165, 1.54) is 6.08 Å². The first-order valence-corrected chi connectivity index (χ1v) is 11.3. The van der Waals surface area contributed by atoms with Gasteiger partial charge in [-0.05, 0) is 54.1 Å². The van der Waals surface area contributed by atoms with Crippen molar-refractivity contribution < 1.29 is 13.2 Å². The van der Waals surface area contributed by atoms with Crippen LogP contribution in [0.4, 0.5) is 11.4 Å². The number of benzene rings is 2. The van der Waals surface area contributed by atoms with Gasteiger partial charge in [0.25, 0.3) is 0 Å². The Kier molecular flexibility index (Phi) is 6.18. The molecule has 1 amide bonds. The quantitative estimate of drug-likeness (QED) is 0.532. The van der Waals surface area contributed by atoms with E-state index in [0.29, 0.717) is 16.4 Å². The minimum atomic E-state index is -3.38. The second-order valence-electron chi connectivity index (χ2n) is 5.99. The number of thiophene rings is 1. The molecule has 28 heavy (non-hydrogen) atoms. The van der Waals surface area contributed by atoms with E-state index in [-0.39, 0.29) is 5.91 Å². The first-order valence-electron chi connectivity index (χ1n) is 8.21. The van der Waals surface area contributed by atoms with Crippen LogP contribution in [-0.2, 0) is 14.8 Å². The molecule has 144 valence electrons. The molecule has 2 N–H and O–H groups in total. The predicted molar refractivity (Wildman–Crippen MR) is 117 cm³/mol. The van der Waals surface area contributed by atoms with Crippen molar-refractivity contribution in [3.8, 4) is 10.4 Å². The largest absolute Gasteiger partial charge is 0.322 e. The fourth-order valence-corrected chi connectivity index (χ4v) is 4.11. The number of rotatable bonds is 6. The van der Waals surface area contributed by atoms with Gasteiger partial charge < -0.3 is 5.32 Å². The average Bonchev–Trinajstić information content (AvgIpc) is 3.08.